The molecule has 0 saturated carbocycles. The minimum atomic E-state index is -4.89. The van der Waals surface area contributed by atoms with Crippen molar-refractivity contribution in [2.45, 2.75) is 31.1 Å². The maximum Gasteiger partial charge on any atom is 0.573 e. The summed E-state index contributed by atoms with van der Waals surface area (Å²) in [4.78, 5) is 0. The molecule has 2 heterocycles. The lowest BCUT2D eigenvalue weighted by Crippen LogP contribution is -2.57. The third-order valence-electron chi connectivity index (χ3n) is 6.07. The average Bonchev–Trinajstić information content (AvgIpc) is 2.96. The van der Waals surface area contributed by atoms with Gasteiger partial charge in [0.05, 0.1) is 24.1 Å². The zero-order valence-electron chi connectivity index (χ0n) is 17.1. The fourth-order valence-corrected chi connectivity index (χ4v) is 4.78. The van der Waals surface area contributed by atoms with Gasteiger partial charge in [-0.25, -0.2) is 0 Å². The zero-order valence-corrected chi connectivity index (χ0v) is 17.1. The van der Waals surface area contributed by atoms with E-state index in [1.165, 1.54) is 19.1 Å². The van der Waals surface area contributed by atoms with E-state index in [1.54, 1.807) is 30.3 Å². The van der Waals surface area contributed by atoms with Gasteiger partial charge in [-0.15, -0.1) is 13.2 Å². The molecule has 0 aliphatic carbocycles. The Kier molecular flexibility index (Phi) is 4.85. The SMILES string of the molecule is CC12OC(=N)C(C#N)(C1c1ccccc1)C(C#N)(C#N)C(c1ccc(OC(F)(F)F)cc1)O2. The first-order valence-electron chi connectivity index (χ1n) is 9.67. The lowest BCUT2D eigenvalue weighted by molar-refractivity contribution is -0.274. The van der Waals surface area contributed by atoms with E-state index in [4.69, 9.17) is 14.9 Å². The Hall–Kier alpha value is -4.07. The third kappa shape index (κ3) is 3.01. The average molecular weight is 452 g/mol. The summed E-state index contributed by atoms with van der Waals surface area (Å²) in [5, 5.41) is 39.3. The molecule has 0 radical (unpaired) electrons. The minimum Gasteiger partial charge on any atom is -0.447 e. The second kappa shape index (κ2) is 7.23. The highest BCUT2D eigenvalue weighted by Gasteiger charge is 2.79. The molecule has 0 amide bonds. The van der Waals surface area contributed by atoms with Crippen molar-refractivity contribution >= 4 is 5.90 Å². The van der Waals surface area contributed by atoms with Gasteiger partial charge < -0.3 is 14.2 Å². The number of nitrogens with one attached hydrogen (secondary N) is 1. The largest absolute Gasteiger partial charge is 0.573 e. The summed E-state index contributed by atoms with van der Waals surface area (Å²) < 4.78 is 53.3. The van der Waals surface area contributed by atoms with Gasteiger partial charge in [-0.1, -0.05) is 42.5 Å². The summed E-state index contributed by atoms with van der Waals surface area (Å²) in [7, 11) is 0. The molecular weight excluding hydrogens is 437 g/mol. The zero-order chi connectivity index (χ0) is 24.1. The lowest BCUT2D eigenvalue weighted by Gasteiger charge is -2.48. The lowest BCUT2D eigenvalue weighted by atomic mass is 9.52. The maximum atomic E-state index is 12.5. The summed E-state index contributed by atoms with van der Waals surface area (Å²) in [6, 6.07) is 18.8. The van der Waals surface area contributed by atoms with Crippen molar-refractivity contribution in [3.05, 3.63) is 65.7 Å². The smallest absolute Gasteiger partial charge is 0.447 e. The highest BCUT2D eigenvalue weighted by atomic mass is 19.4. The van der Waals surface area contributed by atoms with E-state index in [2.05, 4.69) is 4.74 Å². The summed E-state index contributed by atoms with van der Waals surface area (Å²) in [5.41, 5.74) is -3.60. The van der Waals surface area contributed by atoms with Crippen molar-refractivity contribution in [2.75, 3.05) is 0 Å². The second-order valence-electron chi connectivity index (χ2n) is 7.86. The van der Waals surface area contributed by atoms with E-state index < -0.39 is 46.6 Å². The van der Waals surface area contributed by atoms with Gasteiger partial charge in [0.2, 0.25) is 17.1 Å². The normalized spacial score (nSPS) is 29.8. The Morgan fingerprint density at radius 3 is 2.06 bits per heavy atom. The first-order chi connectivity index (χ1) is 15.6. The van der Waals surface area contributed by atoms with Gasteiger partial charge in [0.1, 0.15) is 11.9 Å². The number of ether oxygens (including phenoxy) is 3. The fraction of sp³-hybridized carbons (Fsp3) is 0.304. The summed E-state index contributed by atoms with van der Waals surface area (Å²) in [6.07, 6.45) is -6.30. The molecule has 0 spiro atoms. The van der Waals surface area contributed by atoms with Crippen molar-refractivity contribution in [1.82, 2.24) is 0 Å². The van der Waals surface area contributed by atoms with Gasteiger partial charge in [0.15, 0.2) is 5.41 Å². The Balaban J connectivity index is 1.90. The van der Waals surface area contributed by atoms with Gasteiger partial charge in [0, 0.05) is 6.92 Å². The summed E-state index contributed by atoms with van der Waals surface area (Å²) >= 11 is 0. The number of nitrogens with zero attached hydrogens (tertiary/aromatic N) is 3. The Labute approximate surface area is 186 Å². The van der Waals surface area contributed by atoms with E-state index in [0.29, 0.717) is 5.56 Å². The van der Waals surface area contributed by atoms with Crippen LogP contribution in [0, 0.1) is 50.2 Å². The predicted molar refractivity (Wildman–Crippen MR) is 105 cm³/mol. The number of alkyl halides is 3. The third-order valence-corrected chi connectivity index (χ3v) is 6.07. The number of rotatable bonds is 3. The van der Waals surface area contributed by atoms with E-state index >= 15 is 0 Å². The monoisotopic (exact) mass is 452 g/mol. The Bertz CT molecular complexity index is 1210. The van der Waals surface area contributed by atoms with Crippen LogP contribution in [0.25, 0.3) is 0 Å². The Morgan fingerprint density at radius 2 is 1.55 bits per heavy atom. The van der Waals surface area contributed by atoms with Crippen LogP contribution in [0.15, 0.2) is 54.6 Å². The molecule has 2 saturated heterocycles. The topological polar surface area (TPSA) is 123 Å². The van der Waals surface area contributed by atoms with Crippen molar-refractivity contribution in [3.8, 4) is 24.0 Å². The van der Waals surface area contributed by atoms with Crippen LogP contribution in [-0.4, -0.2) is 18.0 Å². The number of fused-ring (bicyclic) bond motifs is 2. The number of hydrogen-bond donors (Lipinski definition) is 1. The molecule has 33 heavy (non-hydrogen) atoms. The molecule has 7 nitrogen and oxygen atoms in total. The molecule has 10 heteroatoms. The molecule has 4 unspecified atom stereocenters. The van der Waals surface area contributed by atoms with Gasteiger partial charge in [-0.05, 0) is 23.3 Å². The molecule has 0 aromatic heterocycles. The summed E-state index contributed by atoms with van der Waals surface area (Å²) in [5.74, 6) is -3.68. The molecule has 166 valence electrons. The molecule has 2 aromatic rings. The molecule has 2 aliphatic heterocycles. The Morgan fingerprint density at radius 1 is 0.939 bits per heavy atom. The van der Waals surface area contributed by atoms with Gasteiger partial charge in [-0.2, -0.15) is 15.8 Å². The number of halogens is 3. The number of hydrogen-bond acceptors (Lipinski definition) is 7. The molecule has 2 fully saturated rings. The molecule has 4 rings (SSSR count). The van der Waals surface area contributed by atoms with Crippen LogP contribution >= 0.6 is 0 Å². The molecule has 1 N–H and O–H groups in total. The van der Waals surface area contributed by atoms with E-state index in [1.807, 2.05) is 18.2 Å². The first-order valence-corrected chi connectivity index (χ1v) is 9.67. The van der Waals surface area contributed by atoms with Crippen LogP contribution in [0.4, 0.5) is 13.2 Å². The molecule has 2 aromatic carbocycles. The van der Waals surface area contributed by atoms with Crippen molar-refractivity contribution in [1.29, 1.82) is 21.2 Å². The number of benzene rings is 2. The number of nitriles is 3. The quantitative estimate of drug-likeness (QED) is 0.720. The molecule has 4 atom stereocenters. The van der Waals surface area contributed by atoms with Crippen LogP contribution < -0.4 is 4.74 Å². The second-order valence-corrected chi connectivity index (χ2v) is 7.86. The predicted octanol–water partition coefficient (Wildman–Crippen LogP) is 4.71. The fourth-order valence-electron chi connectivity index (χ4n) is 4.78. The van der Waals surface area contributed by atoms with Crippen LogP contribution in [-0.2, 0) is 9.47 Å². The standard InChI is InChI=1S/C23H15F3N4O3/c1-20-17(14-5-3-2-4-6-14)22(13-29,19(30)33-20)21(11-27,12-28)18(32-20)15-7-9-16(10-8-15)31-23(24,25)26/h2-10,17-18,30H,1H3. The van der Waals surface area contributed by atoms with Gasteiger partial charge in [0.25, 0.3) is 0 Å². The van der Waals surface area contributed by atoms with E-state index in [-0.39, 0.29) is 5.56 Å². The molecular formula is C23H15F3N4O3. The van der Waals surface area contributed by atoms with Crippen LogP contribution in [0.2, 0.25) is 0 Å². The van der Waals surface area contributed by atoms with Crippen molar-refractivity contribution in [2.24, 2.45) is 10.8 Å². The van der Waals surface area contributed by atoms with Crippen molar-refractivity contribution in [3.63, 3.8) is 0 Å². The van der Waals surface area contributed by atoms with E-state index in [9.17, 15) is 29.0 Å². The van der Waals surface area contributed by atoms with E-state index in [0.717, 1.165) is 12.1 Å². The molecule has 2 aliphatic rings. The van der Waals surface area contributed by atoms with Crippen LogP contribution in [0.3, 0.4) is 0 Å². The first kappa shape index (κ1) is 22.1. The van der Waals surface area contributed by atoms with Crippen LogP contribution in [0.5, 0.6) is 5.75 Å². The van der Waals surface area contributed by atoms with Crippen molar-refractivity contribution < 1.29 is 27.4 Å². The highest BCUT2D eigenvalue weighted by Crippen LogP contribution is 2.69. The minimum absolute atomic E-state index is 0.156. The van der Waals surface area contributed by atoms with Crippen LogP contribution in [0.1, 0.15) is 30.1 Å². The molecule has 2 bridgehead atoms. The maximum absolute atomic E-state index is 12.5. The van der Waals surface area contributed by atoms with Gasteiger partial charge in [-0.3, -0.25) is 5.41 Å². The highest BCUT2D eigenvalue weighted by molar-refractivity contribution is 5.90. The van der Waals surface area contributed by atoms with Gasteiger partial charge >= 0.3 is 6.36 Å². The summed E-state index contributed by atoms with van der Waals surface area (Å²) in [6.45, 7) is 1.51.